The number of rotatable bonds is 0. The summed E-state index contributed by atoms with van der Waals surface area (Å²) in [6.07, 6.45) is 0. The molecule has 0 saturated carbocycles. The maximum atomic E-state index is 2.91. The third-order valence-electron chi connectivity index (χ3n) is 0. The molecule has 0 bridgehead atoms. The topological polar surface area (TPSA) is 0 Å². The monoisotopic (exact) mass is 456 g/mol. The first kappa shape index (κ1) is 24.5. The van der Waals surface area contributed by atoms with Gasteiger partial charge in [-0.3, -0.25) is 0 Å². The van der Waals surface area contributed by atoms with Crippen LogP contribution in [0.3, 0.4) is 0 Å². The van der Waals surface area contributed by atoms with Gasteiger partial charge in [0.1, 0.15) is 0 Å². The molecule has 0 atom stereocenters. The van der Waals surface area contributed by atoms with Crippen LogP contribution in [-0.4, -0.2) is 0 Å². The van der Waals surface area contributed by atoms with Crippen molar-refractivity contribution < 1.29 is 44.8 Å². The van der Waals surface area contributed by atoms with E-state index < -0.39 is 0 Å². The first-order valence-electron chi connectivity index (χ1n) is 0.143. The molecule has 0 fully saturated rings. The largest absolute Gasteiger partial charge is 0.147 e. The summed E-state index contributed by atoms with van der Waals surface area (Å²) in [5, 5.41) is 0. The van der Waals surface area contributed by atoms with Crippen molar-refractivity contribution in [3.63, 3.8) is 0 Å². The molecule has 0 amide bonds. The summed E-state index contributed by atoms with van der Waals surface area (Å²) >= 11 is 4.87. The second-order valence-corrected chi connectivity index (χ2v) is 0. The van der Waals surface area contributed by atoms with Crippen molar-refractivity contribution in [2.24, 2.45) is 0 Å². The summed E-state index contributed by atoms with van der Waals surface area (Å²) < 4.78 is 0. The van der Waals surface area contributed by atoms with Crippen LogP contribution in [0.4, 0.5) is 0 Å². The first-order chi connectivity index (χ1) is 1.00. The Hall–Kier alpha value is 2.98. The van der Waals surface area contributed by atoms with E-state index in [9.17, 15) is 0 Å². The van der Waals surface area contributed by atoms with E-state index in [1.54, 1.807) is 0 Å². The molecule has 0 saturated heterocycles. The Morgan fingerprint density at radius 3 is 1.00 bits per heavy atom. The summed E-state index contributed by atoms with van der Waals surface area (Å²) in [5.74, 6) is 0. The van der Waals surface area contributed by atoms with E-state index >= 15 is 0 Å². The predicted molar refractivity (Wildman–Crippen MR) is 30.2 cm³/mol. The van der Waals surface area contributed by atoms with Crippen molar-refractivity contribution in [3.05, 3.63) is 0 Å². The molecular formula is HAg2BrClI. The minimum Gasteiger partial charge on any atom is -0.147 e. The zero-order valence-corrected chi connectivity index (χ0v) is 9.29. The molecule has 5 heteroatoms. The summed E-state index contributed by atoms with van der Waals surface area (Å²) in [6, 6.07) is 0. The van der Waals surface area contributed by atoms with Crippen LogP contribution in [0.5, 0.6) is 0 Å². The van der Waals surface area contributed by atoms with Crippen LogP contribution in [0.1, 0.15) is 0 Å². The van der Waals surface area contributed by atoms with Gasteiger partial charge < -0.3 is 0 Å². The fourth-order valence-electron chi connectivity index (χ4n) is 0. The maximum Gasteiger partial charge on any atom is 0.00711 e. The van der Waals surface area contributed by atoms with E-state index in [0.717, 1.165) is 0 Å². The van der Waals surface area contributed by atoms with Gasteiger partial charge in [0.15, 0.2) is 0 Å². The summed E-state index contributed by atoms with van der Waals surface area (Å²) in [6.45, 7) is 0. The van der Waals surface area contributed by atoms with Gasteiger partial charge >= 0.3 is 0 Å². The molecule has 2 radical (unpaired) electrons. The number of halogens is 3. The molecule has 0 spiro atoms. The SMILES string of the molecule is BrI.Cl.[Ag].[Ag]. The van der Waals surface area contributed by atoms with Crippen LogP contribution in [0.15, 0.2) is 0 Å². The van der Waals surface area contributed by atoms with Crippen LogP contribution < -0.4 is 0 Å². The molecule has 0 aliphatic carbocycles. The molecular weight excluding hydrogens is 458 g/mol. The molecule has 0 aliphatic rings. The molecule has 0 nitrogen and oxygen atoms in total. The van der Waals surface area contributed by atoms with Crippen LogP contribution in [-0.2, 0) is 44.8 Å². The second-order valence-electron chi connectivity index (χ2n) is 0. The number of hydrogen-bond acceptors (Lipinski definition) is 0. The Labute approximate surface area is 88.5 Å². The van der Waals surface area contributed by atoms with Crippen molar-refractivity contribution in [1.82, 2.24) is 0 Å². The van der Waals surface area contributed by atoms with Gasteiger partial charge in [-0.2, -0.15) is 0 Å². The zero-order valence-electron chi connectivity index (χ0n) is 1.77. The van der Waals surface area contributed by atoms with E-state index in [4.69, 9.17) is 0 Å². The average molecular weight is 459 g/mol. The van der Waals surface area contributed by atoms with Gasteiger partial charge in [-0.05, 0) is 12.7 Å². The van der Waals surface area contributed by atoms with Gasteiger partial charge in [0.05, 0.1) is 0 Å². The quantitative estimate of drug-likeness (QED) is 0.385. The maximum absolute atomic E-state index is 2.91. The first-order valence-corrected chi connectivity index (χ1v) is 4.98. The molecule has 0 aromatic heterocycles. The van der Waals surface area contributed by atoms with Crippen LogP contribution in [0, 0.1) is 0 Å². The van der Waals surface area contributed by atoms with Crippen molar-refractivity contribution in [3.8, 4) is 0 Å². The molecule has 0 heterocycles. The minimum absolute atomic E-state index is 0. The third-order valence-corrected chi connectivity index (χ3v) is 0. The van der Waals surface area contributed by atoms with E-state index in [-0.39, 0.29) is 57.2 Å². The predicted octanol–water partition coefficient (Wildman–Crippen LogP) is 2.15. The summed E-state index contributed by atoms with van der Waals surface area (Å²) in [7, 11) is 0. The Balaban J connectivity index is -0.00000000167. The van der Waals surface area contributed by atoms with E-state index in [1.165, 1.54) is 0 Å². The normalized spacial score (nSPS) is 1.20. The van der Waals surface area contributed by atoms with Gasteiger partial charge in [-0.1, -0.05) is 0 Å². The van der Waals surface area contributed by atoms with Crippen molar-refractivity contribution in [1.29, 1.82) is 0 Å². The zero-order chi connectivity index (χ0) is 2.00. The van der Waals surface area contributed by atoms with E-state index in [1.807, 2.05) is 20.4 Å². The van der Waals surface area contributed by atoms with Crippen LogP contribution >= 0.6 is 45.5 Å². The summed E-state index contributed by atoms with van der Waals surface area (Å²) in [4.78, 5) is 0. The van der Waals surface area contributed by atoms with Gasteiger partial charge in [0.2, 0.25) is 0 Å². The van der Waals surface area contributed by atoms with E-state index in [0.29, 0.717) is 0 Å². The third kappa shape index (κ3) is 19.5. The van der Waals surface area contributed by atoms with Crippen LogP contribution in [0.25, 0.3) is 0 Å². The Bertz CT molecular complexity index is 9.61. The van der Waals surface area contributed by atoms with Gasteiger partial charge in [-0.25, -0.2) is 0 Å². The minimum atomic E-state index is 0. The van der Waals surface area contributed by atoms with Crippen molar-refractivity contribution in [2.75, 3.05) is 0 Å². The molecule has 0 aromatic rings. The smallest absolute Gasteiger partial charge is 0.00711 e. The molecule has 0 N–H and O–H groups in total. The molecule has 0 rings (SSSR count). The van der Waals surface area contributed by atoms with E-state index in [2.05, 4.69) is 12.7 Å². The van der Waals surface area contributed by atoms with Crippen molar-refractivity contribution >= 4 is 45.5 Å². The second kappa shape index (κ2) is 28.1. The van der Waals surface area contributed by atoms with Crippen LogP contribution in [0.2, 0.25) is 0 Å². The number of hydrogen-bond donors (Lipinski definition) is 0. The summed E-state index contributed by atoms with van der Waals surface area (Å²) in [5.41, 5.74) is 0. The Kier molecular flexibility index (Phi) is 138. The molecule has 44 valence electrons. The standard InChI is InChI=1S/2Ag.BrI.ClH/c;;1-2;/h;;;1H. The molecule has 0 aromatic carbocycles. The Morgan fingerprint density at radius 1 is 1.00 bits per heavy atom. The molecule has 5 heavy (non-hydrogen) atoms. The van der Waals surface area contributed by atoms with Gasteiger partial charge in [-0.15, -0.1) is 12.4 Å². The Morgan fingerprint density at radius 2 is 1.00 bits per heavy atom. The fourth-order valence-corrected chi connectivity index (χ4v) is 0. The van der Waals surface area contributed by atoms with Crippen molar-refractivity contribution in [2.45, 2.75) is 0 Å². The fraction of sp³-hybridized carbons (Fsp3) is 0. The molecule has 0 aliphatic heterocycles. The molecule has 0 unspecified atom stereocenters. The average Bonchev–Trinajstić information content (AvgIpc) is 1.00. The van der Waals surface area contributed by atoms with Gasteiger partial charge in [0.25, 0.3) is 0 Å². The van der Waals surface area contributed by atoms with Gasteiger partial charge in [0, 0.05) is 65.1 Å².